The second-order valence-corrected chi connectivity index (χ2v) is 7.87. The van der Waals surface area contributed by atoms with E-state index in [-0.39, 0.29) is 0 Å². The normalized spacial score (nSPS) is 11.2. The van der Waals surface area contributed by atoms with Crippen molar-refractivity contribution in [3.8, 4) is 28.4 Å². The first-order valence-electron chi connectivity index (χ1n) is 11.2. The van der Waals surface area contributed by atoms with E-state index in [1.807, 2.05) is 62.4 Å². The molecule has 35 heavy (non-hydrogen) atoms. The molecule has 3 aromatic carbocycles. The highest BCUT2D eigenvalue weighted by atomic mass is 16.5. The van der Waals surface area contributed by atoms with Crippen LogP contribution >= 0.6 is 0 Å². The lowest BCUT2D eigenvalue weighted by Gasteiger charge is -2.08. The van der Waals surface area contributed by atoms with Gasteiger partial charge in [0.25, 0.3) is 0 Å². The molecule has 0 aliphatic heterocycles. The maximum absolute atomic E-state index is 12.4. The SMILES string of the molecule is C=C(C)C(=O)Oc1ccc(/C(C)=C/C(=O)Oc2ccc(-c3ccc(OC/C=C/C)cc3)cc2)cc1. The highest BCUT2D eigenvalue weighted by Gasteiger charge is 2.08. The van der Waals surface area contributed by atoms with Gasteiger partial charge in [-0.2, -0.15) is 0 Å². The molecular weight excluding hydrogens is 440 g/mol. The summed E-state index contributed by atoms with van der Waals surface area (Å²) in [6.45, 7) is 9.45. The van der Waals surface area contributed by atoms with Gasteiger partial charge < -0.3 is 14.2 Å². The van der Waals surface area contributed by atoms with E-state index < -0.39 is 11.9 Å². The molecule has 0 N–H and O–H groups in total. The molecule has 3 aromatic rings. The lowest BCUT2D eigenvalue weighted by atomic mass is 10.1. The minimum Gasteiger partial charge on any atom is -0.490 e. The zero-order chi connectivity index (χ0) is 25.2. The van der Waals surface area contributed by atoms with Crippen molar-refractivity contribution in [1.29, 1.82) is 0 Å². The van der Waals surface area contributed by atoms with E-state index in [4.69, 9.17) is 14.2 Å². The van der Waals surface area contributed by atoms with Gasteiger partial charge in [0.05, 0.1) is 0 Å². The fourth-order valence-electron chi connectivity index (χ4n) is 3.09. The van der Waals surface area contributed by atoms with Crippen LogP contribution in [0.1, 0.15) is 26.3 Å². The third-order valence-corrected chi connectivity index (χ3v) is 5.05. The van der Waals surface area contributed by atoms with Gasteiger partial charge in [0.1, 0.15) is 23.9 Å². The van der Waals surface area contributed by atoms with Crippen LogP contribution in [0, 0.1) is 0 Å². The monoisotopic (exact) mass is 468 g/mol. The van der Waals surface area contributed by atoms with Gasteiger partial charge in [-0.05, 0) is 79.4 Å². The number of ether oxygens (including phenoxy) is 3. The van der Waals surface area contributed by atoms with Crippen molar-refractivity contribution in [1.82, 2.24) is 0 Å². The highest BCUT2D eigenvalue weighted by Crippen LogP contribution is 2.25. The van der Waals surface area contributed by atoms with E-state index in [2.05, 4.69) is 6.58 Å². The zero-order valence-corrected chi connectivity index (χ0v) is 20.1. The second kappa shape index (κ2) is 12.2. The predicted octanol–water partition coefficient (Wildman–Crippen LogP) is 6.80. The van der Waals surface area contributed by atoms with Gasteiger partial charge in [0.2, 0.25) is 0 Å². The fraction of sp³-hybridized carbons (Fsp3) is 0.133. The summed E-state index contributed by atoms with van der Waals surface area (Å²) in [4.78, 5) is 24.0. The smallest absolute Gasteiger partial charge is 0.338 e. The third-order valence-electron chi connectivity index (χ3n) is 5.05. The van der Waals surface area contributed by atoms with Crippen LogP contribution in [-0.2, 0) is 9.59 Å². The Kier molecular flexibility index (Phi) is 8.79. The third kappa shape index (κ3) is 7.57. The summed E-state index contributed by atoms with van der Waals surface area (Å²) in [7, 11) is 0. The first kappa shape index (κ1) is 25.2. The van der Waals surface area contributed by atoms with Gasteiger partial charge in [-0.1, -0.05) is 55.1 Å². The molecule has 0 spiro atoms. The molecule has 0 aromatic heterocycles. The minimum atomic E-state index is -0.481. The number of esters is 2. The molecule has 178 valence electrons. The van der Waals surface area contributed by atoms with E-state index in [9.17, 15) is 9.59 Å². The number of hydrogen-bond acceptors (Lipinski definition) is 5. The Hall–Kier alpha value is -4.38. The molecule has 0 aliphatic rings. The molecular formula is C30H28O5. The summed E-state index contributed by atoms with van der Waals surface area (Å²) in [6.07, 6.45) is 5.32. The van der Waals surface area contributed by atoms with Crippen molar-refractivity contribution in [2.24, 2.45) is 0 Å². The van der Waals surface area contributed by atoms with Crippen molar-refractivity contribution in [2.45, 2.75) is 20.8 Å². The molecule has 0 aliphatic carbocycles. The van der Waals surface area contributed by atoms with Crippen LogP contribution in [0.5, 0.6) is 17.2 Å². The standard InChI is InChI=1S/C30H28O5/c1-5-6-19-33-26-13-9-24(10-14-26)25-11-17-27(18-12-25)34-29(31)20-22(4)23-7-15-28(16-8-23)35-30(32)21(2)3/h5-18,20H,2,19H2,1,3-4H3/b6-5+,22-20+. The molecule has 0 unspecified atom stereocenters. The predicted molar refractivity (Wildman–Crippen MR) is 138 cm³/mol. The maximum atomic E-state index is 12.4. The van der Waals surface area contributed by atoms with E-state index in [0.717, 1.165) is 28.0 Å². The summed E-state index contributed by atoms with van der Waals surface area (Å²) in [5, 5.41) is 0. The Balaban J connectivity index is 1.58. The van der Waals surface area contributed by atoms with Crippen molar-refractivity contribution >= 4 is 17.5 Å². The molecule has 3 rings (SSSR count). The number of benzene rings is 3. The number of carbonyl (C=O) groups excluding carboxylic acids is 2. The maximum Gasteiger partial charge on any atom is 0.338 e. The molecule has 5 heteroatoms. The summed E-state index contributed by atoms with van der Waals surface area (Å²) in [5.74, 6) is 0.715. The molecule has 0 amide bonds. The first-order valence-corrected chi connectivity index (χ1v) is 11.2. The van der Waals surface area contributed by atoms with Gasteiger partial charge in [-0.3, -0.25) is 0 Å². The van der Waals surface area contributed by atoms with Gasteiger partial charge in [0, 0.05) is 11.6 Å². The van der Waals surface area contributed by atoms with Crippen molar-refractivity contribution in [3.05, 3.63) is 109 Å². The summed E-state index contributed by atoms with van der Waals surface area (Å²) in [5.41, 5.74) is 3.90. The van der Waals surface area contributed by atoms with Crippen LogP contribution in [0.2, 0.25) is 0 Å². The molecule has 0 fully saturated rings. The van der Waals surface area contributed by atoms with E-state index in [1.165, 1.54) is 6.08 Å². The highest BCUT2D eigenvalue weighted by molar-refractivity contribution is 5.92. The number of rotatable bonds is 9. The summed E-state index contributed by atoms with van der Waals surface area (Å²) < 4.78 is 16.3. The molecule has 0 saturated heterocycles. The van der Waals surface area contributed by atoms with Crippen LogP contribution in [0.25, 0.3) is 16.7 Å². The van der Waals surface area contributed by atoms with Crippen LogP contribution in [0.4, 0.5) is 0 Å². The molecule has 0 heterocycles. The fourth-order valence-corrected chi connectivity index (χ4v) is 3.09. The number of hydrogen-bond donors (Lipinski definition) is 0. The lowest BCUT2D eigenvalue weighted by Crippen LogP contribution is -2.08. The first-order chi connectivity index (χ1) is 16.9. The largest absolute Gasteiger partial charge is 0.490 e. The van der Waals surface area contributed by atoms with E-state index in [0.29, 0.717) is 23.7 Å². The van der Waals surface area contributed by atoms with E-state index >= 15 is 0 Å². The number of allylic oxidation sites excluding steroid dienone is 2. The molecule has 5 nitrogen and oxygen atoms in total. The Bertz CT molecular complexity index is 1230. The van der Waals surface area contributed by atoms with Gasteiger partial charge in [-0.25, -0.2) is 9.59 Å². The lowest BCUT2D eigenvalue weighted by molar-refractivity contribution is -0.130. The molecule has 0 saturated carbocycles. The molecule has 0 radical (unpaired) electrons. The van der Waals surface area contributed by atoms with Crippen LogP contribution in [-0.4, -0.2) is 18.5 Å². The molecule has 0 atom stereocenters. The Morgan fingerprint density at radius 3 is 1.83 bits per heavy atom. The van der Waals surface area contributed by atoms with Gasteiger partial charge >= 0.3 is 11.9 Å². The van der Waals surface area contributed by atoms with Crippen LogP contribution in [0.15, 0.2) is 103 Å². The average Bonchev–Trinajstić information content (AvgIpc) is 2.85. The van der Waals surface area contributed by atoms with Gasteiger partial charge in [-0.15, -0.1) is 0 Å². The van der Waals surface area contributed by atoms with E-state index in [1.54, 1.807) is 43.3 Å². The zero-order valence-electron chi connectivity index (χ0n) is 20.1. The molecule has 0 bridgehead atoms. The number of carbonyl (C=O) groups is 2. The second-order valence-electron chi connectivity index (χ2n) is 7.87. The quantitative estimate of drug-likeness (QED) is 0.150. The Morgan fingerprint density at radius 1 is 0.771 bits per heavy atom. The Morgan fingerprint density at radius 2 is 1.29 bits per heavy atom. The summed E-state index contributed by atoms with van der Waals surface area (Å²) >= 11 is 0. The van der Waals surface area contributed by atoms with Crippen molar-refractivity contribution in [2.75, 3.05) is 6.61 Å². The Labute approximate surface area is 206 Å². The van der Waals surface area contributed by atoms with Crippen LogP contribution in [0.3, 0.4) is 0 Å². The van der Waals surface area contributed by atoms with Crippen molar-refractivity contribution < 1.29 is 23.8 Å². The minimum absolute atomic E-state index is 0.323. The van der Waals surface area contributed by atoms with Crippen molar-refractivity contribution in [3.63, 3.8) is 0 Å². The summed E-state index contributed by atoms with van der Waals surface area (Å²) in [6, 6.07) is 22.0. The van der Waals surface area contributed by atoms with Gasteiger partial charge in [0.15, 0.2) is 0 Å². The average molecular weight is 469 g/mol. The van der Waals surface area contributed by atoms with Crippen LogP contribution < -0.4 is 14.2 Å². The topological polar surface area (TPSA) is 61.8 Å².